The molecule has 1 heterocycles. The molecule has 2 aromatic rings. The second-order valence-electron chi connectivity index (χ2n) is 7.81. The summed E-state index contributed by atoms with van der Waals surface area (Å²) in [5, 5.41) is 3.15. The summed E-state index contributed by atoms with van der Waals surface area (Å²) >= 11 is 0.442. The zero-order valence-corrected chi connectivity index (χ0v) is 19.7. The Morgan fingerprint density at radius 1 is 1.17 bits per heavy atom. The van der Waals surface area contributed by atoms with Crippen LogP contribution in [0.25, 0.3) is 11.1 Å². The minimum absolute atomic E-state index is 0.163. The van der Waals surface area contributed by atoms with Crippen molar-refractivity contribution in [2.75, 3.05) is 26.1 Å². The molecule has 155 valence electrons. The van der Waals surface area contributed by atoms with Crippen molar-refractivity contribution in [3.63, 3.8) is 0 Å². The van der Waals surface area contributed by atoms with E-state index in [1.54, 1.807) is 7.11 Å². The third kappa shape index (κ3) is 5.54. The molecule has 3 rings (SSSR count). The number of ether oxygens (including phenoxy) is 1. The predicted molar refractivity (Wildman–Crippen MR) is 120 cm³/mol. The van der Waals surface area contributed by atoms with Crippen LogP contribution in [0.2, 0.25) is 10.4 Å². The van der Waals surface area contributed by atoms with Gasteiger partial charge in [-0.2, -0.15) is 0 Å². The van der Waals surface area contributed by atoms with Crippen molar-refractivity contribution >= 4 is 27.5 Å². The van der Waals surface area contributed by atoms with Crippen LogP contribution in [0.5, 0.6) is 5.75 Å². The number of aromatic nitrogens is 1. The Bertz CT molecular complexity index is 833. The minimum atomic E-state index is 0.163. The summed E-state index contributed by atoms with van der Waals surface area (Å²) in [4.78, 5) is 19.1. The van der Waals surface area contributed by atoms with Crippen molar-refractivity contribution in [2.24, 2.45) is 5.92 Å². The number of hydrogen-bond acceptors (Lipinski definition) is 4. The number of benzene rings is 1. The van der Waals surface area contributed by atoms with Gasteiger partial charge in [0.05, 0.1) is 0 Å². The second kappa shape index (κ2) is 10.2. The third-order valence-corrected chi connectivity index (χ3v) is 8.32. The molecule has 1 saturated carbocycles. The summed E-state index contributed by atoms with van der Waals surface area (Å²) in [5.41, 5.74) is 5.52. The van der Waals surface area contributed by atoms with E-state index in [-0.39, 0.29) is 11.8 Å². The Kier molecular flexibility index (Phi) is 7.60. The molecule has 0 unspecified atom stereocenters. The van der Waals surface area contributed by atoms with E-state index in [4.69, 9.17) is 4.74 Å². The van der Waals surface area contributed by atoms with Crippen molar-refractivity contribution in [1.29, 1.82) is 0 Å². The molecular formula is C23H31AsN3O2. The molecule has 0 saturated heterocycles. The van der Waals surface area contributed by atoms with Crippen molar-refractivity contribution in [3.05, 3.63) is 42.1 Å². The molecule has 5 nitrogen and oxygen atoms in total. The van der Waals surface area contributed by atoms with E-state index in [0.29, 0.717) is 22.3 Å². The molecule has 1 aliphatic carbocycles. The molecule has 29 heavy (non-hydrogen) atoms. The monoisotopic (exact) mass is 456 g/mol. The van der Waals surface area contributed by atoms with Gasteiger partial charge in [0, 0.05) is 20.3 Å². The zero-order valence-electron chi connectivity index (χ0n) is 17.8. The number of carbonyl (C=O) groups excluding carboxylic acids is 1. The number of pyridine rings is 1. The van der Waals surface area contributed by atoms with Gasteiger partial charge in [-0.05, 0) is 0 Å². The van der Waals surface area contributed by atoms with E-state index in [1.807, 2.05) is 43.4 Å². The van der Waals surface area contributed by atoms with Gasteiger partial charge in [0.25, 0.3) is 0 Å². The van der Waals surface area contributed by atoms with Gasteiger partial charge in [-0.3, -0.25) is 0 Å². The first-order chi connectivity index (χ1) is 14.0. The SMILES string of the molecule is COc1ccc(-c2ccnc(N(C)C)c2)cc1CNC(=O)C1CCC([As]C)CC1. The normalized spacial score (nSPS) is 19.3. The molecule has 1 amide bonds. The Labute approximate surface area is 180 Å². The maximum absolute atomic E-state index is 12.7. The van der Waals surface area contributed by atoms with Crippen molar-refractivity contribution in [2.45, 2.75) is 42.6 Å². The van der Waals surface area contributed by atoms with Crippen LogP contribution in [0.15, 0.2) is 36.5 Å². The van der Waals surface area contributed by atoms with Crippen LogP contribution in [0.4, 0.5) is 5.82 Å². The van der Waals surface area contributed by atoms with E-state index in [0.717, 1.165) is 45.8 Å². The van der Waals surface area contributed by atoms with E-state index < -0.39 is 0 Å². The molecule has 1 fully saturated rings. The Balaban J connectivity index is 1.71. The number of anilines is 1. The number of nitrogens with one attached hydrogen (secondary N) is 1. The summed E-state index contributed by atoms with van der Waals surface area (Å²) in [6.07, 6.45) is 6.31. The van der Waals surface area contributed by atoms with Crippen molar-refractivity contribution in [1.82, 2.24) is 10.3 Å². The quantitative estimate of drug-likeness (QED) is 0.636. The number of rotatable bonds is 7. The molecule has 0 bridgehead atoms. The summed E-state index contributed by atoms with van der Waals surface area (Å²) in [5.74, 6) is 2.06. The second-order valence-corrected chi connectivity index (χ2v) is 10.4. The molecule has 0 aliphatic heterocycles. The summed E-state index contributed by atoms with van der Waals surface area (Å²) in [6.45, 7) is 0.487. The standard InChI is InChI=1S/C23H31AsN3O2/c1-24-20-8-5-16(6-9-20)23(28)26-15-19-13-17(7-10-21(19)29-4)18-11-12-25-22(14-18)27(2)3/h7,10-14,16,20H,5-6,8-9,15H2,1-4H3,(H,26,28). The van der Waals surface area contributed by atoms with Gasteiger partial charge >= 0.3 is 145 Å². The van der Waals surface area contributed by atoms with Gasteiger partial charge in [0.15, 0.2) is 0 Å². The van der Waals surface area contributed by atoms with Crippen LogP contribution < -0.4 is 15.0 Å². The van der Waals surface area contributed by atoms with E-state index in [9.17, 15) is 4.79 Å². The average Bonchev–Trinajstić information content (AvgIpc) is 2.77. The van der Waals surface area contributed by atoms with Crippen LogP contribution in [0.1, 0.15) is 31.2 Å². The molecule has 1 N–H and O–H groups in total. The topological polar surface area (TPSA) is 54.5 Å². The van der Waals surface area contributed by atoms with Crippen LogP contribution in [-0.2, 0) is 11.3 Å². The molecular weight excluding hydrogens is 425 g/mol. The number of carbonyl (C=O) groups is 1. The van der Waals surface area contributed by atoms with Gasteiger partial charge in [-0.25, -0.2) is 4.98 Å². The van der Waals surface area contributed by atoms with E-state index in [1.165, 1.54) is 12.8 Å². The van der Waals surface area contributed by atoms with Crippen LogP contribution >= 0.6 is 0 Å². The van der Waals surface area contributed by atoms with Gasteiger partial charge < -0.3 is 4.90 Å². The third-order valence-electron chi connectivity index (χ3n) is 5.70. The Morgan fingerprint density at radius 2 is 1.90 bits per heavy atom. The summed E-state index contributed by atoms with van der Waals surface area (Å²) < 4.78 is 6.42. The first-order valence-corrected chi connectivity index (χ1v) is 13.1. The number of amides is 1. The molecule has 1 aliphatic rings. The summed E-state index contributed by atoms with van der Waals surface area (Å²) in [7, 11) is 5.64. The fourth-order valence-corrected chi connectivity index (χ4v) is 5.57. The first-order valence-electron chi connectivity index (χ1n) is 10.2. The molecule has 0 atom stereocenters. The first kappa shape index (κ1) is 21.7. The van der Waals surface area contributed by atoms with Gasteiger partial charge in [-0.15, -0.1) is 0 Å². The Hall–Kier alpha value is -2.00. The Morgan fingerprint density at radius 3 is 2.55 bits per heavy atom. The van der Waals surface area contributed by atoms with E-state index >= 15 is 0 Å². The molecule has 6 heteroatoms. The van der Waals surface area contributed by atoms with Crippen LogP contribution in [0, 0.1) is 5.92 Å². The van der Waals surface area contributed by atoms with Gasteiger partial charge in [0.1, 0.15) is 5.82 Å². The average molecular weight is 456 g/mol. The van der Waals surface area contributed by atoms with Crippen LogP contribution in [-0.4, -0.2) is 47.8 Å². The maximum atomic E-state index is 12.7. The van der Waals surface area contributed by atoms with E-state index in [2.05, 4.69) is 28.1 Å². The fourth-order valence-electron chi connectivity index (χ4n) is 3.86. The number of methoxy groups -OCH3 is 1. The fraction of sp³-hybridized carbons (Fsp3) is 0.478. The van der Waals surface area contributed by atoms with Crippen molar-refractivity contribution in [3.8, 4) is 16.9 Å². The molecule has 1 aromatic heterocycles. The van der Waals surface area contributed by atoms with Gasteiger partial charge in [0.2, 0.25) is 0 Å². The van der Waals surface area contributed by atoms with Crippen LogP contribution in [0.3, 0.4) is 0 Å². The summed E-state index contributed by atoms with van der Waals surface area (Å²) in [6, 6.07) is 10.2. The number of nitrogens with zero attached hydrogens (tertiary/aromatic N) is 2. The zero-order chi connectivity index (χ0) is 20.8. The van der Waals surface area contributed by atoms with Crippen molar-refractivity contribution < 1.29 is 9.53 Å². The number of hydrogen-bond donors (Lipinski definition) is 1. The molecule has 1 radical (unpaired) electrons. The molecule has 1 aromatic carbocycles. The molecule has 0 spiro atoms. The van der Waals surface area contributed by atoms with Gasteiger partial charge in [-0.1, -0.05) is 0 Å². The predicted octanol–water partition coefficient (Wildman–Crippen LogP) is 4.17.